The summed E-state index contributed by atoms with van der Waals surface area (Å²) in [7, 11) is 0. The predicted molar refractivity (Wildman–Crippen MR) is 82.5 cm³/mol. The molecule has 0 unspecified atom stereocenters. The second-order valence-corrected chi connectivity index (χ2v) is 4.79. The van der Waals surface area contributed by atoms with Gasteiger partial charge in [-0.15, -0.1) is 0 Å². The molecule has 5 heteroatoms. The number of benzene rings is 1. The van der Waals surface area contributed by atoms with Gasteiger partial charge in [-0.3, -0.25) is 14.4 Å². The number of hydroxylamine groups is 1. The molecule has 1 aromatic rings. The van der Waals surface area contributed by atoms with E-state index in [0.717, 1.165) is 31.4 Å². The largest absolute Gasteiger partial charge is 0.326 e. The van der Waals surface area contributed by atoms with Gasteiger partial charge >= 0.3 is 0 Å². The van der Waals surface area contributed by atoms with Crippen molar-refractivity contribution >= 4 is 17.5 Å². The Labute approximate surface area is 126 Å². The number of carbonyl (C=O) groups is 2. The quantitative estimate of drug-likeness (QED) is 0.514. The van der Waals surface area contributed by atoms with Gasteiger partial charge in [0, 0.05) is 18.5 Å². The summed E-state index contributed by atoms with van der Waals surface area (Å²) in [4.78, 5) is 27.7. The van der Waals surface area contributed by atoms with E-state index < -0.39 is 0 Å². The van der Waals surface area contributed by atoms with Crippen LogP contribution in [0.4, 0.5) is 5.69 Å². The zero-order valence-corrected chi connectivity index (χ0v) is 12.6. The Balaban J connectivity index is 1.99. The minimum absolute atomic E-state index is 0.0373. The van der Waals surface area contributed by atoms with Crippen molar-refractivity contribution in [2.75, 3.05) is 11.9 Å². The molecular formula is C16H24N2O3. The fraction of sp³-hybridized carbons (Fsp3) is 0.500. The van der Waals surface area contributed by atoms with Crippen LogP contribution in [0.2, 0.25) is 0 Å². The van der Waals surface area contributed by atoms with Gasteiger partial charge in [-0.1, -0.05) is 31.0 Å². The lowest BCUT2D eigenvalue weighted by Crippen LogP contribution is -2.23. The zero-order valence-electron chi connectivity index (χ0n) is 12.6. The average molecular weight is 292 g/mol. The number of nitrogens with one attached hydrogen (secondary N) is 2. The van der Waals surface area contributed by atoms with Crippen LogP contribution in [0.15, 0.2) is 30.3 Å². The minimum atomic E-state index is -0.0846. The van der Waals surface area contributed by atoms with Gasteiger partial charge in [0.05, 0.1) is 6.61 Å². The minimum Gasteiger partial charge on any atom is -0.326 e. The predicted octanol–water partition coefficient (Wildman–Crippen LogP) is 3.03. The molecule has 0 saturated carbocycles. The Morgan fingerprint density at radius 1 is 0.952 bits per heavy atom. The fourth-order valence-electron chi connectivity index (χ4n) is 1.87. The van der Waals surface area contributed by atoms with Crippen LogP contribution in [0.3, 0.4) is 0 Å². The molecule has 0 atom stereocenters. The fourth-order valence-corrected chi connectivity index (χ4v) is 1.87. The van der Waals surface area contributed by atoms with Crippen molar-refractivity contribution in [1.82, 2.24) is 5.48 Å². The van der Waals surface area contributed by atoms with E-state index in [9.17, 15) is 9.59 Å². The maximum absolute atomic E-state index is 11.7. The van der Waals surface area contributed by atoms with E-state index in [1.807, 2.05) is 37.3 Å². The van der Waals surface area contributed by atoms with Crippen LogP contribution >= 0.6 is 0 Å². The molecule has 21 heavy (non-hydrogen) atoms. The molecule has 0 aliphatic carbocycles. The van der Waals surface area contributed by atoms with Gasteiger partial charge in [-0.05, 0) is 31.9 Å². The first-order chi connectivity index (χ1) is 10.2. The highest BCUT2D eigenvalue weighted by Crippen LogP contribution is 2.09. The van der Waals surface area contributed by atoms with Crippen LogP contribution in [0.5, 0.6) is 0 Å². The molecule has 5 nitrogen and oxygen atoms in total. The van der Waals surface area contributed by atoms with Crippen molar-refractivity contribution in [3.05, 3.63) is 30.3 Å². The van der Waals surface area contributed by atoms with Gasteiger partial charge in [0.2, 0.25) is 11.8 Å². The van der Waals surface area contributed by atoms with Crippen LogP contribution in [0, 0.1) is 0 Å². The van der Waals surface area contributed by atoms with Crippen LogP contribution < -0.4 is 10.8 Å². The monoisotopic (exact) mass is 292 g/mol. The van der Waals surface area contributed by atoms with Gasteiger partial charge in [0.15, 0.2) is 0 Å². The molecule has 0 bridgehead atoms. The van der Waals surface area contributed by atoms with E-state index in [0.29, 0.717) is 19.4 Å². The first-order valence-corrected chi connectivity index (χ1v) is 7.48. The number of para-hydroxylation sites is 1. The smallest absolute Gasteiger partial charge is 0.243 e. The van der Waals surface area contributed by atoms with Gasteiger partial charge in [0.25, 0.3) is 0 Å². The summed E-state index contributed by atoms with van der Waals surface area (Å²) in [6, 6.07) is 9.44. The van der Waals surface area contributed by atoms with Gasteiger partial charge in [-0.2, -0.15) is 0 Å². The normalized spacial score (nSPS) is 10.1. The van der Waals surface area contributed by atoms with Crippen molar-refractivity contribution in [1.29, 1.82) is 0 Å². The van der Waals surface area contributed by atoms with Crippen LogP contribution in [0.25, 0.3) is 0 Å². The van der Waals surface area contributed by atoms with Gasteiger partial charge in [-0.25, -0.2) is 5.48 Å². The van der Waals surface area contributed by atoms with Crippen LogP contribution in [0.1, 0.15) is 45.4 Å². The summed E-state index contributed by atoms with van der Waals surface area (Å²) in [6.07, 6.45) is 4.53. The third-order valence-electron chi connectivity index (χ3n) is 2.95. The molecule has 0 spiro atoms. The highest BCUT2D eigenvalue weighted by molar-refractivity contribution is 5.90. The molecule has 116 valence electrons. The van der Waals surface area contributed by atoms with Gasteiger partial charge in [0.1, 0.15) is 0 Å². The van der Waals surface area contributed by atoms with Crippen LogP contribution in [-0.4, -0.2) is 18.4 Å². The van der Waals surface area contributed by atoms with E-state index in [4.69, 9.17) is 4.84 Å². The molecule has 1 aromatic carbocycles. The Bertz CT molecular complexity index is 421. The summed E-state index contributed by atoms with van der Waals surface area (Å²) in [5, 5.41) is 2.85. The highest BCUT2D eigenvalue weighted by Gasteiger charge is 2.03. The molecule has 0 fully saturated rings. The summed E-state index contributed by atoms with van der Waals surface area (Å²) >= 11 is 0. The maximum Gasteiger partial charge on any atom is 0.243 e. The first kappa shape index (κ1) is 17.2. The molecular weight excluding hydrogens is 268 g/mol. The third-order valence-corrected chi connectivity index (χ3v) is 2.95. The molecule has 0 saturated heterocycles. The molecule has 2 N–H and O–H groups in total. The van der Waals surface area contributed by atoms with Crippen molar-refractivity contribution in [2.45, 2.75) is 45.4 Å². The van der Waals surface area contributed by atoms with E-state index in [1.165, 1.54) is 0 Å². The molecule has 0 aromatic heterocycles. The van der Waals surface area contributed by atoms with Crippen molar-refractivity contribution in [3.8, 4) is 0 Å². The van der Waals surface area contributed by atoms with E-state index in [-0.39, 0.29) is 11.8 Å². The Morgan fingerprint density at radius 3 is 2.19 bits per heavy atom. The average Bonchev–Trinajstić information content (AvgIpc) is 2.49. The molecule has 1 rings (SSSR count). The topological polar surface area (TPSA) is 67.4 Å². The third kappa shape index (κ3) is 8.81. The Kier molecular flexibility index (Phi) is 8.88. The number of anilines is 1. The number of amides is 2. The lowest BCUT2D eigenvalue weighted by atomic mass is 10.1. The Morgan fingerprint density at radius 2 is 1.57 bits per heavy atom. The number of unbranched alkanes of at least 4 members (excludes halogenated alkanes) is 3. The maximum atomic E-state index is 11.7. The van der Waals surface area contributed by atoms with E-state index >= 15 is 0 Å². The lowest BCUT2D eigenvalue weighted by molar-refractivity contribution is -0.133. The number of hydrogen-bond donors (Lipinski definition) is 2. The summed E-state index contributed by atoms with van der Waals surface area (Å²) < 4.78 is 0. The highest BCUT2D eigenvalue weighted by atomic mass is 16.6. The summed E-state index contributed by atoms with van der Waals surface area (Å²) in [5.74, 6) is -0.0473. The van der Waals surface area contributed by atoms with Crippen molar-refractivity contribution in [2.24, 2.45) is 0 Å². The molecule has 0 radical (unpaired) electrons. The molecule has 2 amide bonds. The lowest BCUT2D eigenvalue weighted by Gasteiger charge is -2.05. The van der Waals surface area contributed by atoms with E-state index in [1.54, 1.807) is 0 Å². The zero-order chi connectivity index (χ0) is 15.3. The Hall–Kier alpha value is -1.88. The number of hydrogen-bond acceptors (Lipinski definition) is 3. The van der Waals surface area contributed by atoms with Crippen molar-refractivity contribution in [3.63, 3.8) is 0 Å². The van der Waals surface area contributed by atoms with Crippen LogP contribution in [-0.2, 0) is 14.4 Å². The van der Waals surface area contributed by atoms with Crippen molar-refractivity contribution < 1.29 is 14.4 Å². The second-order valence-electron chi connectivity index (χ2n) is 4.79. The molecule has 0 aliphatic heterocycles. The SMILES string of the molecule is CCONC(=O)CCCCCCC(=O)Nc1ccccc1. The summed E-state index contributed by atoms with van der Waals surface area (Å²) in [6.45, 7) is 2.29. The second kappa shape index (κ2) is 10.9. The first-order valence-electron chi connectivity index (χ1n) is 7.48. The number of rotatable bonds is 10. The molecule has 0 heterocycles. The number of carbonyl (C=O) groups excluding carboxylic acids is 2. The van der Waals surface area contributed by atoms with Gasteiger partial charge < -0.3 is 5.32 Å². The van der Waals surface area contributed by atoms with E-state index in [2.05, 4.69) is 10.8 Å². The summed E-state index contributed by atoms with van der Waals surface area (Å²) in [5.41, 5.74) is 3.19. The molecule has 0 aliphatic rings. The standard InChI is InChI=1S/C16H24N2O3/c1-2-21-18-16(20)13-9-4-3-8-12-15(19)17-14-10-6-5-7-11-14/h5-7,10-11H,2-4,8-9,12-13H2,1H3,(H,17,19)(H,18,20).